The Morgan fingerprint density at radius 2 is 2.03 bits per heavy atom. The molecule has 3 aromatic rings. The maximum absolute atomic E-state index is 13.9. The van der Waals surface area contributed by atoms with Gasteiger partial charge in [-0.1, -0.05) is 16.8 Å². The molecule has 3 heterocycles. The van der Waals surface area contributed by atoms with Crippen molar-refractivity contribution < 1.29 is 18.4 Å². The molecule has 156 valence electrons. The van der Waals surface area contributed by atoms with E-state index >= 15 is 0 Å². The van der Waals surface area contributed by atoms with Crippen LogP contribution in [0.1, 0.15) is 25.6 Å². The monoisotopic (exact) mass is 431 g/mol. The number of hydrogen-bond acceptors (Lipinski definition) is 7. The lowest BCUT2D eigenvalue weighted by atomic mass is 10.1. The molecule has 1 fully saturated rings. The van der Waals surface area contributed by atoms with Gasteiger partial charge in [0, 0.05) is 22.8 Å². The molecule has 1 aromatic carbocycles. The van der Waals surface area contributed by atoms with Crippen molar-refractivity contribution in [2.75, 3.05) is 16.8 Å². The van der Waals surface area contributed by atoms with Crippen molar-refractivity contribution in [3.05, 3.63) is 53.3 Å². The Labute approximate surface area is 177 Å². The van der Waals surface area contributed by atoms with E-state index in [1.807, 2.05) is 25.1 Å². The highest BCUT2D eigenvalue weighted by Crippen LogP contribution is 2.27. The van der Waals surface area contributed by atoms with Crippen LogP contribution in [0.5, 0.6) is 0 Å². The normalized spacial score (nSPS) is 18.2. The molecular weight excluding hydrogens is 413 g/mol. The number of amides is 1. The molecule has 0 radical (unpaired) electrons. The van der Waals surface area contributed by atoms with Gasteiger partial charge in [-0.25, -0.2) is 14.2 Å². The quantitative estimate of drug-likeness (QED) is 0.607. The molecule has 0 saturated carbocycles. The minimum atomic E-state index is -1.26. The third-order valence-corrected chi connectivity index (χ3v) is 5.02. The number of carbonyl (C=O) groups excluding carboxylic acids is 1. The maximum Gasteiger partial charge on any atom is 0.416 e. The van der Waals surface area contributed by atoms with Crippen LogP contribution in [0.4, 0.5) is 21.0 Å². The van der Waals surface area contributed by atoms with E-state index in [2.05, 4.69) is 20.4 Å². The Morgan fingerprint density at radius 1 is 1.27 bits per heavy atom. The van der Waals surface area contributed by atoms with Crippen LogP contribution in [0.15, 0.2) is 47.1 Å². The summed E-state index contributed by atoms with van der Waals surface area (Å²) in [6.07, 6.45) is -0.403. The van der Waals surface area contributed by atoms with Gasteiger partial charge in [-0.3, -0.25) is 4.90 Å². The lowest BCUT2D eigenvalue weighted by molar-refractivity contribution is 0.174. The first-order valence-electron chi connectivity index (χ1n) is 9.34. The van der Waals surface area contributed by atoms with Crippen LogP contribution in [0, 0.1) is 0 Å². The summed E-state index contributed by atoms with van der Waals surface area (Å²) < 4.78 is 24.2. The van der Waals surface area contributed by atoms with Gasteiger partial charge < -0.3 is 14.6 Å². The third-order valence-electron chi connectivity index (χ3n) is 4.77. The van der Waals surface area contributed by atoms with Gasteiger partial charge in [0.05, 0.1) is 6.04 Å². The topological polar surface area (TPSA) is 93.4 Å². The van der Waals surface area contributed by atoms with E-state index in [-0.39, 0.29) is 24.4 Å². The number of rotatable bonds is 6. The second kappa shape index (κ2) is 8.27. The van der Waals surface area contributed by atoms with Crippen LogP contribution < -0.4 is 10.2 Å². The number of halogens is 2. The highest BCUT2D eigenvalue weighted by atomic mass is 35.5. The summed E-state index contributed by atoms with van der Waals surface area (Å²) in [5.41, 5.74) is 1.49. The predicted octanol–water partition coefficient (Wildman–Crippen LogP) is 4.64. The number of benzene rings is 1. The summed E-state index contributed by atoms with van der Waals surface area (Å²) in [4.78, 5) is 21.8. The van der Waals surface area contributed by atoms with E-state index in [4.69, 9.17) is 20.9 Å². The summed E-state index contributed by atoms with van der Waals surface area (Å²) in [6.45, 7) is 3.23. The van der Waals surface area contributed by atoms with Gasteiger partial charge in [0.1, 0.15) is 30.3 Å². The fourth-order valence-electron chi connectivity index (χ4n) is 3.10. The molecule has 0 aliphatic carbocycles. The molecule has 1 saturated heterocycles. The van der Waals surface area contributed by atoms with Crippen LogP contribution in [-0.4, -0.2) is 40.0 Å². The molecule has 1 amide bonds. The number of ether oxygens (including phenoxy) is 1. The maximum atomic E-state index is 13.9. The number of aromatic nitrogens is 3. The molecule has 10 heteroatoms. The predicted molar refractivity (Wildman–Crippen MR) is 109 cm³/mol. The molecular formula is C20H19ClFN5O3. The highest BCUT2D eigenvalue weighted by molar-refractivity contribution is 6.30. The van der Waals surface area contributed by atoms with Crippen LogP contribution in [0.25, 0.3) is 11.3 Å². The van der Waals surface area contributed by atoms with Crippen LogP contribution in [0.2, 0.25) is 5.02 Å². The number of anilines is 2. The fourth-order valence-corrected chi connectivity index (χ4v) is 3.23. The smallest absolute Gasteiger partial charge is 0.416 e. The van der Waals surface area contributed by atoms with E-state index in [0.717, 1.165) is 5.56 Å². The SMILES string of the molecule is C[C@H](Nc1nccc(N2C(=O)OCC2[C@@H](C)F)n1)c1cc(-c2ccc(Cl)cc2)on1. The van der Waals surface area contributed by atoms with E-state index in [1.165, 1.54) is 24.1 Å². The van der Waals surface area contributed by atoms with E-state index in [9.17, 15) is 9.18 Å². The van der Waals surface area contributed by atoms with Gasteiger partial charge in [-0.05, 0) is 44.2 Å². The number of alkyl halides is 1. The summed E-state index contributed by atoms with van der Waals surface area (Å²) in [7, 11) is 0. The van der Waals surface area contributed by atoms with Gasteiger partial charge in [0.2, 0.25) is 5.95 Å². The molecule has 1 N–H and O–H groups in total. The Balaban J connectivity index is 1.50. The van der Waals surface area contributed by atoms with E-state index in [1.54, 1.807) is 12.1 Å². The number of nitrogens with zero attached hydrogens (tertiary/aromatic N) is 4. The minimum absolute atomic E-state index is 0.0217. The lowest BCUT2D eigenvalue weighted by Gasteiger charge is -2.21. The molecule has 1 aliphatic rings. The summed E-state index contributed by atoms with van der Waals surface area (Å²) in [6, 6.07) is 9.56. The van der Waals surface area contributed by atoms with Crippen molar-refractivity contribution in [2.24, 2.45) is 0 Å². The largest absolute Gasteiger partial charge is 0.447 e. The molecule has 4 rings (SSSR count). The van der Waals surface area contributed by atoms with Crippen molar-refractivity contribution >= 4 is 29.5 Å². The molecule has 1 unspecified atom stereocenters. The van der Waals surface area contributed by atoms with E-state index in [0.29, 0.717) is 16.5 Å². The van der Waals surface area contributed by atoms with Crippen LogP contribution in [-0.2, 0) is 4.74 Å². The fraction of sp³-hybridized carbons (Fsp3) is 0.300. The Kier molecular flexibility index (Phi) is 5.54. The van der Waals surface area contributed by atoms with Crippen molar-refractivity contribution in [1.82, 2.24) is 15.1 Å². The van der Waals surface area contributed by atoms with Crippen molar-refractivity contribution in [1.29, 1.82) is 0 Å². The van der Waals surface area contributed by atoms with Crippen molar-refractivity contribution in [3.8, 4) is 11.3 Å². The zero-order valence-electron chi connectivity index (χ0n) is 16.3. The molecule has 0 spiro atoms. The van der Waals surface area contributed by atoms with Crippen LogP contribution >= 0.6 is 11.6 Å². The zero-order chi connectivity index (χ0) is 21.3. The lowest BCUT2D eigenvalue weighted by Crippen LogP contribution is -2.39. The first-order chi connectivity index (χ1) is 14.4. The highest BCUT2D eigenvalue weighted by Gasteiger charge is 2.39. The van der Waals surface area contributed by atoms with Gasteiger partial charge in [0.15, 0.2) is 5.76 Å². The first-order valence-corrected chi connectivity index (χ1v) is 9.72. The number of nitrogens with one attached hydrogen (secondary N) is 1. The average Bonchev–Trinajstić information content (AvgIpc) is 3.36. The summed E-state index contributed by atoms with van der Waals surface area (Å²) >= 11 is 5.92. The van der Waals surface area contributed by atoms with Gasteiger partial charge in [-0.15, -0.1) is 0 Å². The number of carbonyl (C=O) groups is 1. The molecule has 1 aliphatic heterocycles. The minimum Gasteiger partial charge on any atom is -0.447 e. The molecule has 2 aromatic heterocycles. The third kappa shape index (κ3) is 4.06. The van der Waals surface area contributed by atoms with E-state index < -0.39 is 18.3 Å². The average molecular weight is 432 g/mol. The van der Waals surface area contributed by atoms with Gasteiger partial charge in [-0.2, -0.15) is 4.98 Å². The Morgan fingerprint density at radius 3 is 2.77 bits per heavy atom. The second-order valence-corrected chi connectivity index (χ2v) is 7.36. The molecule has 30 heavy (non-hydrogen) atoms. The molecule has 8 nitrogen and oxygen atoms in total. The van der Waals surface area contributed by atoms with Gasteiger partial charge in [0.25, 0.3) is 0 Å². The zero-order valence-corrected chi connectivity index (χ0v) is 17.0. The van der Waals surface area contributed by atoms with Gasteiger partial charge >= 0.3 is 6.09 Å². The summed E-state index contributed by atoms with van der Waals surface area (Å²) in [5, 5.41) is 7.85. The Hall–Kier alpha value is -3.20. The number of cyclic esters (lactones) is 1. The van der Waals surface area contributed by atoms with Crippen molar-refractivity contribution in [2.45, 2.75) is 32.1 Å². The number of hydrogen-bond donors (Lipinski definition) is 1. The van der Waals surface area contributed by atoms with Crippen molar-refractivity contribution in [3.63, 3.8) is 0 Å². The Bertz CT molecular complexity index is 1040. The molecule has 3 atom stereocenters. The summed E-state index contributed by atoms with van der Waals surface area (Å²) in [5.74, 6) is 1.13. The van der Waals surface area contributed by atoms with Crippen LogP contribution in [0.3, 0.4) is 0 Å². The second-order valence-electron chi connectivity index (χ2n) is 6.92. The molecule has 0 bridgehead atoms. The first kappa shape index (κ1) is 20.1. The standard InChI is InChI=1S/C20H19ClFN5O3/c1-11(22)16-10-29-20(28)27(16)18-7-8-23-19(25-18)24-12(2)15-9-17(30-26-15)13-3-5-14(21)6-4-13/h3-9,11-12,16H,10H2,1-2H3,(H,23,24,25)/t11-,12+,16?/m1/s1.